The summed E-state index contributed by atoms with van der Waals surface area (Å²) in [4.78, 5) is 13.9. The number of esters is 1. The van der Waals surface area contributed by atoms with E-state index < -0.39 is 0 Å². The Balaban J connectivity index is 1.77. The molecule has 0 aliphatic rings. The van der Waals surface area contributed by atoms with Crippen molar-refractivity contribution in [1.82, 2.24) is 4.90 Å². The number of nitrogens with zero attached hydrogens (tertiary/aromatic N) is 1. The van der Waals surface area contributed by atoms with Gasteiger partial charge in [0.2, 0.25) is 0 Å². The number of ether oxygens (including phenoxy) is 2. The fourth-order valence-corrected chi connectivity index (χ4v) is 2.27. The summed E-state index contributed by atoms with van der Waals surface area (Å²) in [5, 5.41) is 2.24. The molecule has 0 atom stereocenters. The van der Waals surface area contributed by atoms with Gasteiger partial charge in [-0.3, -0.25) is 0 Å². The lowest BCUT2D eigenvalue weighted by molar-refractivity contribution is -0.146. The number of benzene rings is 2. The Bertz CT molecular complexity index is 608. The summed E-state index contributed by atoms with van der Waals surface area (Å²) in [6.45, 7) is 7.21. The fourth-order valence-electron chi connectivity index (χ4n) is 2.27. The van der Waals surface area contributed by atoms with Gasteiger partial charge in [0, 0.05) is 6.54 Å². The lowest BCUT2D eigenvalue weighted by atomic mass is 10.1. The third-order valence-electron chi connectivity index (χ3n) is 3.64. The zero-order valence-electron chi connectivity index (χ0n) is 13.2. The minimum Gasteiger partial charge on any atom is -0.482 e. The molecule has 2 aromatic rings. The number of rotatable bonds is 8. The Kier molecular flexibility index (Phi) is 6.22. The molecule has 0 aliphatic heterocycles. The Morgan fingerprint density at radius 2 is 1.77 bits per heavy atom. The van der Waals surface area contributed by atoms with Crippen LogP contribution < -0.4 is 4.74 Å². The molecule has 22 heavy (non-hydrogen) atoms. The largest absolute Gasteiger partial charge is 0.482 e. The van der Waals surface area contributed by atoms with Crippen LogP contribution in [0, 0.1) is 0 Å². The van der Waals surface area contributed by atoms with Gasteiger partial charge in [0.25, 0.3) is 0 Å². The first-order valence-corrected chi connectivity index (χ1v) is 7.72. The number of carbonyl (C=O) groups excluding carboxylic acids is 1. The van der Waals surface area contributed by atoms with Crippen molar-refractivity contribution in [1.29, 1.82) is 0 Å². The Morgan fingerprint density at radius 3 is 2.50 bits per heavy atom. The molecular formula is C18H23NO3. The molecule has 0 unspecified atom stereocenters. The minimum absolute atomic E-state index is 0.0589. The molecule has 0 aliphatic carbocycles. The van der Waals surface area contributed by atoms with Crippen molar-refractivity contribution in [2.75, 3.05) is 32.8 Å². The maximum atomic E-state index is 11.7. The Labute approximate surface area is 131 Å². The van der Waals surface area contributed by atoms with Crippen LogP contribution in [0.2, 0.25) is 0 Å². The van der Waals surface area contributed by atoms with Crippen molar-refractivity contribution < 1.29 is 14.3 Å². The highest BCUT2D eigenvalue weighted by molar-refractivity contribution is 5.83. The molecule has 4 nitrogen and oxygen atoms in total. The highest BCUT2D eigenvalue weighted by Crippen LogP contribution is 2.20. The number of likely N-dealkylation sites (N-methyl/N-ethyl adjacent to an activating group) is 1. The second-order valence-corrected chi connectivity index (χ2v) is 5.04. The van der Waals surface area contributed by atoms with Gasteiger partial charge in [-0.05, 0) is 36.0 Å². The summed E-state index contributed by atoms with van der Waals surface area (Å²) in [5.74, 6) is 0.347. The van der Waals surface area contributed by atoms with Gasteiger partial charge in [0.1, 0.15) is 12.4 Å². The van der Waals surface area contributed by atoms with Crippen LogP contribution in [0.4, 0.5) is 0 Å². The standard InChI is InChI=1S/C18H23NO3/c1-3-19(4-2)11-12-21-18(20)14-22-17-10-9-15-7-5-6-8-16(15)13-17/h5-10,13H,3-4,11-12,14H2,1-2H3. The van der Waals surface area contributed by atoms with Crippen LogP contribution in [0.5, 0.6) is 5.75 Å². The summed E-state index contributed by atoms with van der Waals surface area (Å²) >= 11 is 0. The molecular weight excluding hydrogens is 278 g/mol. The van der Waals surface area contributed by atoms with Crippen molar-refractivity contribution >= 4 is 16.7 Å². The van der Waals surface area contributed by atoms with Gasteiger partial charge in [-0.25, -0.2) is 4.79 Å². The molecule has 118 valence electrons. The van der Waals surface area contributed by atoms with E-state index in [1.165, 1.54) is 0 Å². The Hall–Kier alpha value is -2.07. The molecule has 0 saturated carbocycles. The van der Waals surface area contributed by atoms with Crippen LogP contribution >= 0.6 is 0 Å². The van der Waals surface area contributed by atoms with Crippen molar-refractivity contribution in [3.05, 3.63) is 42.5 Å². The van der Waals surface area contributed by atoms with Crippen molar-refractivity contribution in [2.45, 2.75) is 13.8 Å². The van der Waals surface area contributed by atoms with Gasteiger partial charge in [-0.2, -0.15) is 0 Å². The van der Waals surface area contributed by atoms with Gasteiger partial charge in [-0.15, -0.1) is 0 Å². The quantitative estimate of drug-likeness (QED) is 0.702. The summed E-state index contributed by atoms with van der Waals surface area (Å²) in [7, 11) is 0. The lowest BCUT2D eigenvalue weighted by Gasteiger charge is -2.17. The molecule has 0 heterocycles. The van der Waals surface area contributed by atoms with Crippen LogP contribution in [-0.4, -0.2) is 43.7 Å². The molecule has 0 spiro atoms. The molecule has 0 amide bonds. The van der Waals surface area contributed by atoms with Gasteiger partial charge in [0.05, 0.1) is 0 Å². The average Bonchev–Trinajstić information content (AvgIpc) is 2.56. The summed E-state index contributed by atoms with van der Waals surface area (Å²) < 4.78 is 10.7. The van der Waals surface area contributed by atoms with E-state index in [1.807, 2.05) is 42.5 Å². The third kappa shape index (κ3) is 4.74. The smallest absolute Gasteiger partial charge is 0.344 e. The first-order chi connectivity index (χ1) is 10.7. The summed E-state index contributed by atoms with van der Waals surface area (Å²) in [6, 6.07) is 13.8. The number of fused-ring (bicyclic) bond motifs is 1. The topological polar surface area (TPSA) is 38.8 Å². The predicted octanol–water partition coefficient (Wildman–Crippen LogP) is 3.10. The molecule has 0 radical (unpaired) electrons. The third-order valence-corrected chi connectivity index (χ3v) is 3.64. The first-order valence-electron chi connectivity index (χ1n) is 7.72. The minimum atomic E-state index is -0.333. The lowest BCUT2D eigenvalue weighted by Crippen LogP contribution is -2.28. The molecule has 2 aromatic carbocycles. The van der Waals surface area contributed by atoms with Crippen LogP contribution in [0.25, 0.3) is 10.8 Å². The molecule has 0 saturated heterocycles. The number of hydrogen-bond acceptors (Lipinski definition) is 4. The van der Waals surface area contributed by atoms with Crippen molar-refractivity contribution in [3.63, 3.8) is 0 Å². The SMILES string of the molecule is CCN(CC)CCOC(=O)COc1ccc2ccccc2c1. The monoisotopic (exact) mass is 301 g/mol. The van der Waals surface area contributed by atoms with E-state index in [9.17, 15) is 4.79 Å². The predicted molar refractivity (Wildman–Crippen MR) is 88.2 cm³/mol. The average molecular weight is 301 g/mol. The van der Waals surface area contributed by atoms with E-state index in [4.69, 9.17) is 9.47 Å². The van der Waals surface area contributed by atoms with Gasteiger partial charge in [0.15, 0.2) is 6.61 Å². The van der Waals surface area contributed by atoms with Crippen LogP contribution in [-0.2, 0) is 9.53 Å². The first kappa shape index (κ1) is 16.3. The van der Waals surface area contributed by atoms with E-state index in [-0.39, 0.29) is 12.6 Å². The fraction of sp³-hybridized carbons (Fsp3) is 0.389. The molecule has 2 rings (SSSR count). The number of carbonyl (C=O) groups is 1. The normalized spacial score (nSPS) is 10.9. The maximum absolute atomic E-state index is 11.7. The van der Waals surface area contributed by atoms with E-state index >= 15 is 0 Å². The summed E-state index contributed by atoms with van der Waals surface area (Å²) in [6.07, 6.45) is 0. The number of hydrogen-bond donors (Lipinski definition) is 0. The second-order valence-electron chi connectivity index (χ2n) is 5.04. The molecule has 0 aromatic heterocycles. The van der Waals surface area contributed by atoms with E-state index in [0.29, 0.717) is 12.4 Å². The van der Waals surface area contributed by atoms with Crippen LogP contribution in [0.15, 0.2) is 42.5 Å². The highest BCUT2D eigenvalue weighted by atomic mass is 16.6. The van der Waals surface area contributed by atoms with Gasteiger partial charge >= 0.3 is 5.97 Å². The zero-order chi connectivity index (χ0) is 15.8. The zero-order valence-corrected chi connectivity index (χ0v) is 13.2. The second kappa shape index (κ2) is 8.39. The van der Waals surface area contributed by atoms with Gasteiger partial charge in [-0.1, -0.05) is 44.2 Å². The van der Waals surface area contributed by atoms with Crippen LogP contribution in [0.1, 0.15) is 13.8 Å². The molecule has 0 N–H and O–H groups in total. The highest BCUT2D eigenvalue weighted by Gasteiger charge is 2.06. The van der Waals surface area contributed by atoms with Crippen molar-refractivity contribution in [2.24, 2.45) is 0 Å². The molecule has 4 heteroatoms. The Morgan fingerprint density at radius 1 is 1.05 bits per heavy atom. The van der Waals surface area contributed by atoms with Gasteiger partial charge < -0.3 is 14.4 Å². The molecule has 0 bridgehead atoms. The maximum Gasteiger partial charge on any atom is 0.344 e. The van der Waals surface area contributed by atoms with E-state index in [2.05, 4.69) is 18.7 Å². The van der Waals surface area contributed by atoms with Crippen molar-refractivity contribution in [3.8, 4) is 5.75 Å². The van der Waals surface area contributed by atoms with E-state index in [1.54, 1.807) is 0 Å². The molecule has 0 fully saturated rings. The van der Waals surface area contributed by atoms with E-state index in [0.717, 1.165) is 30.4 Å². The van der Waals surface area contributed by atoms with Crippen LogP contribution in [0.3, 0.4) is 0 Å². The summed E-state index contributed by atoms with van der Waals surface area (Å²) in [5.41, 5.74) is 0.